The molecule has 1 heterocycles. The molecule has 86 valence electrons. The van der Waals surface area contributed by atoms with Crippen LogP contribution < -0.4 is 4.74 Å². The van der Waals surface area contributed by atoms with E-state index in [1.807, 2.05) is 0 Å². The van der Waals surface area contributed by atoms with Gasteiger partial charge in [-0.1, -0.05) is 13.0 Å². The number of ether oxygens (including phenoxy) is 1. The van der Waals surface area contributed by atoms with Crippen molar-refractivity contribution in [2.75, 3.05) is 6.61 Å². The first kappa shape index (κ1) is 10.9. The predicted octanol–water partition coefficient (Wildman–Crippen LogP) is 2.02. The van der Waals surface area contributed by atoms with Gasteiger partial charge in [0.25, 0.3) is 0 Å². The minimum Gasteiger partial charge on any atom is -0.493 e. The van der Waals surface area contributed by atoms with Gasteiger partial charge in [-0.05, 0) is 18.1 Å². The number of carbonyl (C=O) groups is 1. The third-order valence-corrected chi connectivity index (χ3v) is 2.84. The molecule has 1 aromatic rings. The number of fused-ring (bicyclic) bond motifs is 1. The van der Waals surface area contributed by atoms with E-state index in [-0.39, 0.29) is 12.2 Å². The highest BCUT2D eigenvalue weighted by Crippen LogP contribution is 2.30. The SMILES string of the molecule is CC(Cc1ccc2c(c1F)CCO2)C(=O)O. The van der Waals surface area contributed by atoms with Gasteiger partial charge in [-0.15, -0.1) is 0 Å². The van der Waals surface area contributed by atoms with E-state index in [1.54, 1.807) is 19.1 Å². The molecule has 2 rings (SSSR count). The molecule has 0 aliphatic carbocycles. The summed E-state index contributed by atoms with van der Waals surface area (Å²) < 4.78 is 19.2. The van der Waals surface area contributed by atoms with Crippen LogP contribution in [0.5, 0.6) is 5.75 Å². The van der Waals surface area contributed by atoms with Gasteiger partial charge >= 0.3 is 5.97 Å². The molecule has 0 saturated carbocycles. The van der Waals surface area contributed by atoms with Crippen molar-refractivity contribution >= 4 is 5.97 Å². The van der Waals surface area contributed by atoms with Crippen molar-refractivity contribution in [1.29, 1.82) is 0 Å². The Kier molecular flexibility index (Phi) is 2.81. The summed E-state index contributed by atoms with van der Waals surface area (Å²) in [5.74, 6) is -1.20. The molecule has 16 heavy (non-hydrogen) atoms. The van der Waals surface area contributed by atoms with Crippen molar-refractivity contribution in [3.8, 4) is 5.75 Å². The summed E-state index contributed by atoms with van der Waals surface area (Å²) in [6.45, 7) is 2.08. The summed E-state index contributed by atoms with van der Waals surface area (Å²) in [6.07, 6.45) is 0.783. The average molecular weight is 224 g/mol. The molecular formula is C12H13FO3. The van der Waals surface area contributed by atoms with Crippen LogP contribution in [-0.2, 0) is 17.6 Å². The van der Waals surface area contributed by atoms with E-state index in [0.717, 1.165) is 0 Å². The van der Waals surface area contributed by atoms with Gasteiger partial charge in [0.15, 0.2) is 0 Å². The standard InChI is InChI=1S/C12H13FO3/c1-7(12(14)15)6-8-2-3-10-9(11(8)13)4-5-16-10/h2-3,7H,4-6H2,1H3,(H,14,15). The molecular weight excluding hydrogens is 211 g/mol. The van der Waals surface area contributed by atoms with Gasteiger partial charge in [-0.3, -0.25) is 4.79 Å². The van der Waals surface area contributed by atoms with Gasteiger partial charge in [0, 0.05) is 12.0 Å². The predicted molar refractivity (Wildman–Crippen MR) is 56.1 cm³/mol. The van der Waals surface area contributed by atoms with Crippen LogP contribution in [0.3, 0.4) is 0 Å². The summed E-state index contributed by atoms with van der Waals surface area (Å²) in [4.78, 5) is 10.7. The van der Waals surface area contributed by atoms with Crippen LogP contribution in [0.15, 0.2) is 12.1 Å². The van der Waals surface area contributed by atoms with E-state index < -0.39 is 11.9 Å². The Bertz CT molecular complexity index is 429. The lowest BCUT2D eigenvalue weighted by atomic mass is 9.98. The number of benzene rings is 1. The first-order chi connectivity index (χ1) is 7.59. The van der Waals surface area contributed by atoms with Crippen molar-refractivity contribution in [2.45, 2.75) is 19.8 Å². The quantitative estimate of drug-likeness (QED) is 0.854. The number of rotatable bonds is 3. The monoisotopic (exact) mass is 224 g/mol. The third-order valence-electron chi connectivity index (χ3n) is 2.84. The molecule has 0 fully saturated rings. The highest BCUT2D eigenvalue weighted by Gasteiger charge is 2.21. The van der Waals surface area contributed by atoms with Gasteiger partial charge in [0.2, 0.25) is 0 Å². The first-order valence-corrected chi connectivity index (χ1v) is 5.25. The van der Waals surface area contributed by atoms with Crippen molar-refractivity contribution in [3.05, 3.63) is 29.1 Å². The van der Waals surface area contributed by atoms with Crippen molar-refractivity contribution < 1.29 is 19.0 Å². The number of halogens is 1. The summed E-state index contributed by atoms with van der Waals surface area (Å²) in [5, 5.41) is 8.78. The second kappa shape index (κ2) is 4.12. The number of aliphatic carboxylic acids is 1. The summed E-state index contributed by atoms with van der Waals surface area (Å²) in [5.41, 5.74) is 1.04. The highest BCUT2D eigenvalue weighted by molar-refractivity contribution is 5.70. The molecule has 4 heteroatoms. The fourth-order valence-electron chi connectivity index (χ4n) is 1.86. The summed E-state index contributed by atoms with van der Waals surface area (Å²) >= 11 is 0. The zero-order valence-electron chi connectivity index (χ0n) is 9.00. The van der Waals surface area contributed by atoms with Gasteiger partial charge in [0.05, 0.1) is 12.5 Å². The molecule has 1 aliphatic rings. The zero-order chi connectivity index (χ0) is 11.7. The van der Waals surface area contributed by atoms with Crippen LogP contribution in [0, 0.1) is 11.7 Å². The minimum absolute atomic E-state index is 0.217. The summed E-state index contributed by atoms with van der Waals surface area (Å²) in [7, 11) is 0. The lowest BCUT2D eigenvalue weighted by Crippen LogP contribution is -2.13. The van der Waals surface area contributed by atoms with E-state index >= 15 is 0 Å². The number of hydrogen-bond donors (Lipinski definition) is 1. The van der Waals surface area contributed by atoms with E-state index in [2.05, 4.69) is 0 Å². The maximum absolute atomic E-state index is 13.9. The Balaban J connectivity index is 2.26. The molecule has 0 spiro atoms. The van der Waals surface area contributed by atoms with Crippen LogP contribution in [0.2, 0.25) is 0 Å². The van der Waals surface area contributed by atoms with Crippen molar-refractivity contribution in [3.63, 3.8) is 0 Å². The average Bonchev–Trinajstić information content (AvgIpc) is 2.70. The van der Waals surface area contributed by atoms with Crippen LogP contribution in [0.1, 0.15) is 18.1 Å². The van der Waals surface area contributed by atoms with E-state index in [1.165, 1.54) is 0 Å². The van der Waals surface area contributed by atoms with Gasteiger partial charge < -0.3 is 9.84 Å². The topological polar surface area (TPSA) is 46.5 Å². The summed E-state index contributed by atoms with van der Waals surface area (Å²) in [6, 6.07) is 3.33. The number of carboxylic acid groups (broad SMARTS) is 1. The molecule has 3 nitrogen and oxygen atoms in total. The van der Waals surface area contributed by atoms with Crippen LogP contribution >= 0.6 is 0 Å². The van der Waals surface area contributed by atoms with Gasteiger partial charge in [0.1, 0.15) is 11.6 Å². The van der Waals surface area contributed by atoms with Crippen LogP contribution in [0.4, 0.5) is 4.39 Å². The molecule has 0 aromatic heterocycles. The molecule has 1 unspecified atom stereocenters. The molecule has 0 saturated heterocycles. The second-order valence-corrected chi connectivity index (χ2v) is 4.06. The molecule has 1 aromatic carbocycles. The third kappa shape index (κ3) is 1.87. The lowest BCUT2D eigenvalue weighted by Gasteiger charge is -2.09. The fourth-order valence-corrected chi connectivity index (χ4v) is 1.86. The highest BCUT2D eigenvalue weighted by atomic mass is 19.1. The minimum atomic E-state index is -0.906. The zero-order valence-corrected chi connectivity index (χ0v) is 9.00. The number of carboxylic acids is 1. The number of hydrogen-bond acceptors (Lipinski definition) is 2. The van der Waals surface area contributed by atoms with Gasteiger partial charge in [-0.25, -0.2) is 4.39 Å². The fraction of sp³-hybridized carbons (Fsp3) is 0.417. The maximum atomic E-state index is 13.9. The lowest BCUT2D eigenvalue weighted by molar-refractivity contribution is -0.141. The first-order valence-electron chi connectivity index (χ1n) is 5.25. The molecule has 1 N–H and O–H groups in total. The normalized spacial score (nSPS) is 15.4. The Hall–Kier alpha value is -1.58. The largest absolute Gasteiger partial charge is 0.493 e. The Morgan fingerprint density at radius 1 is 1.62 bits per heavy atom. The van der Waals surface area contributed by atoms with Crippen LogP contribution in [0.25, 0.3) is 0 Å². The Morgan fingerprint density at radius 3 is 3.06 bits per heavy atom. The van der Waals surface area contributed by atoms with E-state index in [4.69, 9.17) is 9.84 Å². The van der Waals surface area contributed by atoms with Gasteiger partial charge in [-0.2, -0.15) is 0 Å². The molecule has 0 bridgehead atoms. The molecule has 1 atom stereocenters. The van der Waals surface area contributed by atoms with Crippen LogP contribution in [-0.4, -0.2) is 17.7 Å². The molecule has 1 aliphatic heterocycles. The van der Waals surface area contributed by atoms with E-state index in [0.29, 0.717) is 29.9 Å². The van der Waals surface area contributed by atoms with Crippen molar-refractivity contribution in [2.24, 2.45) is 5.92 Å². The van der Waals surface area contributed by atoms with E-state index in [9.17, 15) is 9.18 Å². The Morgan fingerprint density at radius 2 is 2.38 bits per heavy atom. The van der Waals surface area contributed by atoms with Crippen molar-refractivity contribution in [1.82, 2.24) is 0 Å². The second-order valence-electron chi connectivity index (χ2n) is 4.06. The molecule has 0 amide bonds. The molecule has 0 radical (unpaired) electrons. The Labute approximate surface area is 92.9 Å². The smallest absolute Gasteiger partial charge is 0.306 e. The maximum Gasteiger partial charge on any atom is 0.306 e.